The van der Waals surface area contributed by atoms with Gasteiger partial charge >= 0.3 is 0 Å². The number of nitrogens with one attached hydrogen (secondary N) is 3. The minimum Gasteiger partial charge on any atom is -0.378 e. The van der Waals surface area contributed by atoms with E-state index in [1.807, 2.05) is 11.0 Å². The van der Waals surface area contributed by atoms with E-state index in [1.165, 1.54) is 0 Å². The van der Waals surface area contributed by atoms with Gasteiger partial charge in [0.25, 0.3) is 5.56 Å². The number of nitriles is 1. The Morgan fingerprint density at radius 1 is 1.29 bits per heavy atom. The number of piperidine rings is 1. The molecular formula is C19H23N7O2. The van der Waals surface area contributed by atoms with Crippen LogP contribution in [0.1, 0.15) is 18.5 Å². The highest BCUT2D eigenvalue weighted by molar-refractivity contribution is 5.73. The van der Waals surface area contributed by atoms with Gasteiger partial charge in [0.05, 0.1) is 18.9 Å². The van der Waals surface area contributed by atoms with Crippen LogP contribution in [-0.2, 0) is 4.74 Å². The number of morpholine rings is 1. The molecule has 2 aliphatic heterocycles. The van der Waals surface area contributed by atoms with Crippen LogP contribution in [0.3, 0.4) is 0 Å². The minimum atomic E-state index is -0.273. The molecular weight excluding hydrogens is 358 g/mol. The fraction of sp³-hybridized carbons (Fsp3) is 0.474. The van der Waals surface area contributed by atoms with E-state index in [1.54, 1.807) is 18.2 Å². The normalized spacial score (nSPS) is 19.8. The van der Waals surface area contributed by atoms with Gasteiger partial charge in [0.15, 0.2) is 0 Å². The summed E-state index contributed by atoms with van der Waals surface area (Å²) >= 11 is 0. The molecule has 2 saturated heterocycles. The van der Waals surface area contributed by atoms with Gasteiger partial charge in [-0.15, -0.1) is 0 Å². The summed E-state index contributed by atoms with van der Waals surface area (Å²) < 4.78 is 5.40. The topological polar surface area (TPSA) is 119 Å². The Kier molecular flexibility index (Phi) is 5.50. The number of hydrogen-bond acceptors (Lipinski definition) is 8. The first-order valence-corrected chi connectivity index (χ1v) is 9.56. The van der Waals surface area contributed by atoms with Gasteiger partial charge in [0.2, 0.25) is 5.95 Å². The smallest absolute Gasteiger partial charge is 0.263 e. The average molecular weight is 381 g/mol. The zero-order valence-electron chi connectivity index (χ0n) is 15.6. The third-order valence-electron chi connectivity index (χ3n) is 4.98. The van der Waals surface area contributed by atoms with E-state index in [-0.39, 0.29) is 17.3 Å². The van der Waals surface area contributed by atoms with Crippen molar-refractivity contribution in [2.75, 3.05) is 49.6 Å². The fourth-order valence-corrected chi connectivity index (χ4v) is 3.53. The van der Waals surface area contributed by atoms with Crippen LogP contribution in [-0.4, -0.2) is 60.4 Å². The lowest BCUT2D eigenvalue weighted by Gasteiger charge is -2.29. The van der Waals surface area contributed by atoms with E-state index >= 15 is 0 Å². The maximum Gasteiger partial charge on any atom is 0.263 e. The molecule has 0 spiro atoms. The van der Waals surface area contributed by atoms with Gasteiger partial charge in [-0.05, 0) is 31.5 Å². The Hall–Kier alpha value is -2.96. The van der Waals surface area contributed by atoms with E-state index in [0.29, 0.717) is 49.3 Å². The maximum absolute atomic E-state index is 13.0. The molecule has 0 saturated carbocycles. The van der Waals surface area contributed by atoms with Gasteiger partial charge in [-0.2, -0.15) is 10.2 Å². The zero-order valence-corrected chi connectivity index (χ0v) is 15.6. The second-order valence-electron chi connectivity index (χ2n) is 6.92. The van der Waals surface area contributed by atoms with Gasteiger partial charge in [-0.25, -0.2) is 4.98 Å². The summed E-state index contributed by atoms with van der Waals surface area (Å²) in [5, 5.41) is 16.0. The van der Waals surface area contributed by atoms with Crippen molar-refractivity contribution in [1.29, 1.82) is 5.26 Å². The van der Waals surface area contributed by atoms with E-state index in [0.717, 1.165) is 25.9 Å². The summed E-state index contributed by atoms with van der Waals surface area (Å²) in [6, 6.07) is 7.27. The zero-order chi connectivity index (χ0) is 19.3. The minimum absolute atomic E-state index is 0.179. The van der Waals surface area contributed by atoms with Crippen LogP contribution in [0.5, 0.6) is 0 Å². The molecule has 2 aromatic rings. The number of ether oxygens (including phenoxy) is 1. The van der Waals surface area contributed by atoms with Crippen LogP contribution in [0, 0.1) is 11.3 Å². The standard InChI is InChI=1S/C19H23N7O2/c20-11-13-3-1-5-15(22-13)16-17(23-14-4-2-6-21-12-14)24-19(25-18(16)27)26-7-9-28-10-8-26/h1,3,5,14,21H,2,4,6-10,12H2,(H2,23,24,25,27)/t14-/m1/s1. The van der Waals surface area contributed by atoms with E-state index < -0.39 is 0 Å². The Morgan fingerprint density at radius 2 is 2.14 bits per heavy atom. The average Bonchev–Trinajstić information content (AvgIpc) is 2.75. The van der Waals surface area contributed by atoms with Crippen molar-refractivity contribution >= 4 is 11.8 Å². The van der Waals surface area contributed by atoms with Crippen molar-refractivity contribution in [2.24, 2.45) is 0 Å². The lowest BCUT2D eigenvalue weighted by molar-refractivity contribution is 0.122. The molecule has 146 valence electrons. The number of anilines is 2. The molecule has 2 aliphatic rings. The number of pyridine rings is 1. The Morgan fingerprint density at radius 3 is 2.89 bits per heavy atom. The van der Waals surface area contributed by atoms with Crippen LogP contribution < -0.4 is 21.1 Å². The monoisotopic (exact) mass is 381 g/mol. The quantitative estimate of drug-likeness (QED) is 0.708. The number of aromatic amines is 1. The van der Waals surface area contributed by atoms with Crippen molar-refractivity contribution in [3.8, 4) is 17.3 Å². The molecule has 0 amide bonds. The summed E-state index contributed by atoms with van der Waals surface area (Å²) in [7, 11) is 0. The maximum atomic E-state index is 13.0. The van der Waals surface area contributed by atoms with E-state index in [9.17, 15) is 4.79 Å². The first kappa shape index (κ1) is 18.4. The molecule has 0 aromatic carbocycles. The molecule has 2 fully saturated rings. The molecule has 0 radical (unpaired) electrons. The number of hydrogen-bond donors (Lipinski definition) is 3. The van der Waals surface area contributed by atoms with Crippen LogP contribution in [0.25, 0.3) is 11.3 Å². The van der Waals surface area contributed by atoms with Crippen molar-refractivity contribution in [3.63, 3.8) is 0 Å². The molecule has 2 aromatic heterocycles. The number of rotatable bonds is 4. The molecule has 0 unspecified atom stereocenters. The summed E-state index contributed by atoms with van der Waals surface area (Å²) in [6.45, 7) is 4.37. The second-order valence-corrected chi connectivity index (χ2v) is 6.92. The lowest BCUT2D eigenvalue weighted by atomic mass is 10.1. The summed E-state index contributed by atoms with van der Waals surface area (Å²) in [6.07, 6.45) is 2.06. The lowest BCUT2D eigenvalue weighted by Crippen LogP contribution is -2.40. The summed E-state index contributed by atoms with van der Waals surface area (Å²) in [5.74, 6) is 1.03. The van der Waals surface area contributed by atoms with Gasteiger partial charge in [0, 0.05) is 25.7 Å². The van der Waals surface area contributed by atoms with E-state index in [2.05, 4.69) is 20.6 Å². The van der Waals surface area contributed by atoms with Crippen LogP contribution in [0.15, 0.2) is 23.0 Å². The molecule has 28 heavy (non-hydrogen) atoms. The molecule has 4 heterocycles. The second kappa shape index (κ2) is 8.37. The largest absolute Gasteiger partial charge is 0.378 e. The van der Waals surface area contributed by atoms with Gasteiger partial charge in [-0.3, -0.25) is 9.78 Å². The molecule has 1 atom stereocenters. The highest BCUT2D eigenvalue weighted by Crippen LogP contribution is 2.25. The molecule has 0 aliphatic carbocycles. The molecule has 4 rings (SSSR count). The van der Waals surface area contributed by atoms with Crippen molar-refractivity contribution in [1.82, 2.24) is 20.3 Å². The Labute approximate surface area is 162 Å². The molecule has 0 bridgehead atoms. The van der Waals surface area contributed by atoms with Gasteiger partial charge < -0.3 is 20.3 Å². The predicted molar refractivity (Wildman–Crippen MR) is 105 cm³/mol. The number of nitrogens with zero attached hydrogens (tertiary/aromatic N) is 4. The van der Waals surface area contributed by atoms with Gasteiger partial charge in [0.1, 0.15) is 23.1 Å². The first-order chi connectivity index (χ1) is 13.7. The number of H-pyrrole nitrogens is 1. The van der Waals surface area contributed by atoms with Crippen molar-refractivity contribution in [2.45, 2.75) is 18.9 Å². The van der Waals surface area contributed by atoms with Gasteiger partial charge in [-0.1, -0.05) is 6.07 Å². The first-order valence-electron chi connectivity index (χ1n) is 9.56. The van der Waals surface area contributed by atoms with E-state index in [4.69, 9.17) is 15.0 Å². The van der Waals surface area contributed by atoms with Crippen molar-refractivity contribution in [3.05, 3.63) is 34.2 Å². The summed E-state index contributed by atoms with van der Waals surface area (Å²) in [4.78, 5) is 27.0. The molecule has 9 heteroatoms. The Balaban J connectivity index is 1.76. The van der Waals surface area contributed by atoms with Crippen LogP contribution in [0.4, 0.5) is 11.8 Å². The molecule has 3 N–H and O–H groups in total. The van der Waals surface area contributed by atoms with Crippen molar-refractivity contribution < 1.29 is 4.74 Å². The Bertz CT molecular complexity index is 925. The van der Waals surface area contributed by atoms with Crippen LogP contribution >= 0.6 is 0 Å². The third kappa shape index (κ3) is 3.98. The number of aromatic nitrogens is 3. The highest BCUT2D eigenvalue weighted by Gasteiger charge is 2.22. The molecule has 9 nitrogen and oxygen atoms in total. The third-order valence-corrected chi connectivity index (χ3v) is 4.98. The SMILES string of the molecule is N#Cc1cccc(-c2c(N[C@@H]3CCCNC3)nc(N3CCOCC3)[nH]c2=O)n1. The summed E-state index contributed by atoms with van der Waals surface area (Å²) in [5.41, 5.74) is 0.789. The predicted octanol–water partition coefficient (Wildman–Crippen LogP) is 0.704. The highest BCUT2D eigenvalue weighted by atomic mass is 16.5. The van der Waals surface area contributed by atoms with Crippen LogP contribution in [0.2, 0.25) is 0 Å². The fourth-order valence-electron chi connectivity index (χ4n) is 3.53.